The van der Waals surface area contributed by atoms with Gasteiger partial charge in [0.1, 0.15) is 10.6 Å². The molecule has 0 saturated carbocycles. The SMILES string of the molecule is CNS(=O)(=O)c1ccc(C(C)C)cc1OC. The number of hydrogen-bond acceptors (Lipinski definition) is 3. The molecule has 0 bridgehead atoms. The number of methoxy groups -OCH3 is 1. The third-order valence-electron chi connectivity index (χ3n) is 2.41. The lowest BCUT2D eigenvalue weighted by molar-refractivity contribution is 0.401. The number of nitrogens with one attached hydrogen (secondary N) is 1. The Bertz CT molecular complexity index is 466. The van der Waals surface area contributed by atoms with E-state index in [1.807, 2.05) is 13.8 Å². The first-order valence-corrected chi connectivity index (χ1v) is 6.52. The topological polar surface area (TPSA) is 55.4 Å². The Labute approximate surface area is 96.7 Å². The van der Waals surface area contributed by atoms with Crippen LogP contribution in [0.4, 0.5) is 0 Å². The lowest BCUT2D eigenvalue weighted by Crippen LogP contribution is -2.19. The van der Waals surface area contributed by atoms with Crippen LogP contribution < -0.4 is 9.46 Å². The molecular weight excluding hydrogens is 226 g/mol. The van der Waals surface area contributed by atoms with Crippen LogP contribution >= 0.6 is 0 Å². The second-order valence-electron chi connectivity index (χ2n) is 3.77. The fraction of sp³-hybridized carbons (Fsp3) is 0.455. The van der Waals surface area contributed by atoms with Crippen molar-refractivity contribution in [2.24, 2.45) is 0 Å². The minimum absolute atomic E-state index is 0.168. The van der Waals surface area contributed by atoms with Gasteiger partial charge in [-0.25, -0.2) is 13.1 Å². The summed E-state index contributed by atoms with van der Waals surface area (Å²) in [7, 11) is -0.612. The number of hydrogen-bond donors (Lipinski definition) is 1. The molecule has 1 N–H and O–H groups in total. The van der Waals surface area contributed by atoms with Gasteiger partial charge in [-0.2, -0.15) is 0 Å². The van der Waals surface area contributed by atoms with Gasteiger partial charge in [-0.15, -0.1) is 0 Å². The summed E-state index contributed by atoms with van der Waals surface area (Å²) in [6.45, 7) is 4.09. The third-order valence-corrected chi connectivity index (χ3v) is 3.87. The van der Waals surface area contributed by atoms with Crippen molar-refractivity contribution in [3.05, 3.63) is 23.8 Å². The quantitative estimate of drug-likeness (QED) is 0.876. The molecule has 1 aromatic carbocycles. The van der Waals surface area contributed by atoms with Gasteiger partial charge in [0.25, 0.3) is 0 Å². The molecule has 16 heavy (non-hydrogen) atoms. The zero-order valence-corrected chi connectivity index (χ0v) is 10.8. The Hall–Kier alpha value is -1.07. The van der Waals surface area contributed by atoms with E-state index in [4.69, 9.17) is 4.74 Å². The summed E-state index contributed by atoms with van der Waals surface area (Å²) in [6, 6.07) is 5.13. The van der Waals surface area contributed by atoms with Crippen molar-refractivity contribution in [2.45, 2.75) is 24.7 Å². The largest absolute Gasteiger partial charge is 0.495 e. The maximum absolute atomic E-state index is 11.7. The highest BCUT2D eigenvalue weighted by atomic mass is 32.2. The van der Waals surface area contributed by atoms with Crippen molar-refractivity contribution in [3.8, 4) is 5.75 Å². The summed E-state index contributed by atoms with van der Waals surface area (Å²) in [4.78, 5) is 0.168. The summed E-state index contributed by atoms with van der Waals surface area (Å²) in [5.41, 5.74) is 1.05. The van der Waals surface area contributed by atoms with Gasteiger partial charge in [0, 0.05) is 0 Å². The maximum atomic E-state index is 11.7. The van der Waals surface area contributed by atoms with Crippen LogP contribution in [0, 0.1) is 0 Å². The van der Waals surface area contributed by atoms with Crippen molar-refractivity contribution < 1.29 is 13.2 Å². The first-order valence-electron chi connectivity index (χ1n) is 5.04. The van der Waals surface area contributed by atoms with E-state index < -0.39 is 10.0 Å². The highest BCUT2D eigenvalue weighted by Gasteiger charge is 2.18. The average molecular weight is 243 g/mol. The van der Waals surface area contributed by atoms with Crippen LogP contribution in [0.25, 0.3) is 0 Å². The predicted molar refractivity (Wildman–Crippen MR) is 63.3 cm³/mol. The molecule has 5 heteroatoms. The molecule has 0 aliphatic rings. The van der Waals surface area contributed by atoms with Crippen LogP contribution in [0.5, 0.6) is 5.75 Å². The summed E-state index contributed by atoms with van der Waals surface area (Å²) in [5.74, 6) is 0.709. The number of benzene rings is 1. The predicted octanol–water partition coefficient (Wildman–Crippen LogP) is 1.73. The second-order valence-corrected chi connectivity index (χ2v) is 5.63. The van der Waals surface area contributed by atoms with Crippen molar-refractivity contribution >= 4 is 10.0 Å². The number of ether oxygens (including phenoxy) is 1. The van der Waals surface area contributed by atoms with E-state index in [0.29, 0.717) is 11.7 Å². The van der Waals surface area contributed by atoms with Crippen molar-refractivity contribution in [1.82, 2.24) is 4.72 Å². The van der Waals surface area contributed by atoms with E-state index in [1.165, 1.54) is 14.2 Å². The first kappa shape index (κ1) is 13.0. The van der Waals surface area contributed by atoms with E-state index in [9.17, 15) is 8.42 Å². The van der Waals surface area contributed by atoms with Gasteiger partial charge in [0.05, 0.1) is 7.11 Å². The van der Waals surface area contributed by atoms with Gasteiger partial charge in [0.15, 0.2) is 0 Å². The molecule has 0 atom stereocenters. The molecule has 0 heterocycles. The van der Waals surface area contributed by atoms with Crippen molar-refractivity contribution in [3.63, 3.8) is 0 Å². The Kier molecular flexibility index (Phi) is 3.93. The number of rotatable bonds is 4. The highest BCUT2D eigenvalue weighted by Crippen LogP contribution is 2.27. The van der Waals surface area contributed by atoms with Crippen LogP contribution in [0.3, 0.4) is 0 Å². The molecule has 0 aromatic heterocycles. The summed E-state index contributed by atoms with van der Waals surface area (Å²) in [6.07, 6.45) is 0. The van der Waals surface area contributed by atoms with Crippen LogP contribution in [0.2, 0.25) is 0 Å². The van der Waals surface area contributed by atoms with E-state index in [0.717, 1.165) is 5.56 Å². The average Bonchev–Trinajstić information content (AvgIpc) is 2.28. The van der Waals surface area contributed by atoms with Crippen LogP contribution in [0.1, 0.15) is 25.3 Å². The Morgan fingerprint density at radius 2 is 1.94 bits per heavy atom. The fourth-order valence-electron chi connectivity index (χ4n) is 1.38. The molecule has 0 spiro atoms. The fourth-order valence-corrected chi connectivity index (χ4v) is 2.25. The molecule has 0 aliphatic heterocycles. The minimum Gasteiger partial charge on any atom is -0.495 e. The van der Waals surface area contributed by atoms with E-state index in [2.05, 4.69) is 4.72 Å². The van der Waals surface area contributed by atoms with Crippen molar-refractivity contribution in [2.75, 3.05) is 14.2 Å². The van der Waals surface area contributed by atoms with Gasteiger partial charge < -0.3 is 4.74 Å². The van der Waals surface area contributed by atoms with Crippen molar-refractivity contribution in [1.29, 1.82) is 0 Å². The molecule has 1 rings (SSSR count). The third kappa shape index (κ3) is 2.54. The summed E-state index contributed by atoms with van der Waals surface area (Å²) >= 11 is 0. The molecule has 0 radical (unpaired) electrons. The normalized spacial score (nSPS) is 11.8. The van der Waals surface area contributed by atoms with Gasteiger partial charge in [-0.05, 0) is 30.7 Å². The van der Waals surface area contributed by atoms with Gasteiger partial charge in [-0.1, -0.05) is 19.9 Å². The van der Waals surface area contributed by atoms with Crippen LogP contribution in [-0.4, -0.2) is 22.6 Å². The lowest BCUT2D eigenvalue weighted by atomic mass is 10.0. The smallest absolute Gasteiger partial charge is 0.243 e. The zero-order valence-electron chi connectivity index (χ0n) is 9.94. The van der Waals surface area contributed by atoms with Crippen LogP contribution in [0.15, 0.2) is 23.1 Å². The Morgan fingerprint density at radius 3 is 2.38 bits per heavy atom. The van der Waals surface area contributed by atoms with Gasteiger partial charge in [0.2, 0.25) is 10.0 Å². The molecular formula is C11H17NO3S. The van der Waals surface area contributed by atoms with E-state index in [1.54, 1.807) is 18.2 Å². The lowest BCUT2D eigenvalue weighted by Gasteiger charge is -2.12. The Balaban J connectivity index is 3.33. The monoisotopic (exact) mass is 243 g/mol. The first-order chi connectivity index (χ1) is 7.42. The molecule has 0 aliphatic carbocycles. The van der Waals surface area contributed by atoms with Crippen LogP contribution in [-0.2, 0) is 10.0 Å². The second kappa shape index (κ2) is 4.84. The molecule has 0 unspecified atom stereocenters. The summed E-state index contributed by atoms with van der Waals surface area (Å²) in [5, 5.41) is 0. The van der Waals surface area contributed by atoms with E-state index >= 15 is 0 Å². The summed E-state index contributed by atoms with van der Waals surface area (Å²) < 4.78 is 30.7. The standard InChI is InChI=1S/C11H17NO3S/c1-8(2)9-5-6-11(10(7-9)15-4)16(13,14)12-3/h5-8,12H,1-4H3. The Morgan fingerprint density at radius 1 is 1.31 bits per heavy atom. The molecule has 0 amide bonds. The highest BCUT2D eigenvalue weighted by molar-refractivity contribution is 7.89. The zero-order chi connectivity index (χ0) is 12.3. The molecule has 4 nitrogen and oxygen atoms in total. The van der Waals surface area contributed by atoms with Gasteiger partial charge in [-0.3, -0.25) is 0 Å². The number of sulfonamides is 1. The molecule has 0 fully saturated rings. The minimum atomic E-state index is -3.46. The maximum Gasteiger partial charge on any atom is 0.243 e. The molecule has 1 aromatic rings. The molecule has 90 valence electrons. The van der Waals surface area contributed by atoms with Gasteiger partial charge >= 0.3 is 0 Å². The van der Waals surface area contributed by atoms with E-state index in [-0.39, 0.29) is 4.90 Å². The molecule has 0 saturated heterocycles.